The van der Waals surface area contributed by atoms with Gasteiger partial charge >= 0.3 is 0 Å². The number of nitrogens with zero attached hydrogens (tertiary/aromatic N) is 4. The van der Waals surface area contributed by atoms with Gasteiger partial charge < -0.3 is 0 Å². The van der Waals surface area contributed by atoms with Crippen LogP contribution in [0.3, 0.4) is 0 Å². The molecule has 0 aliphatic rings. The van der Waals surface area contributed by atoms with Crippen LogP contribution >= 0.6 is 34.4 Å². The fourth-order valence-electron chi connectivity index (χ4n) is 2.96. The van der Waals surface area contributed by atoms with Crippen LogP contribution in [-0.4, -0.2) is 26.1 Å². The van der Waals surface area contributed by atoms with Gasteiger partial charge in [-0.3, -0.25) is 14.2 Å². The van der Waals surface area contributed by atoms with Crippen LogP contribution < -0.4 is 5.56 Å². The number of rotatable bonds is 7. The summed E-state index contributed by atoms with van der Waals surface area (Å²) in [4.78, 5) is 34.4. The number of carbonyl (C=O) groups excluding carboxylic acids is 1. The van der Waals surface area contributed by atoms with Crippen molar-refractivity contribution in [3.63, 3.8) is 0 Å². The van der Waals surface area contributed by atoms with E-state index in [1.807, 2.05) is 48.0 Å². The van der Waals surface area contributed by atoms with Gasteiger partial charge in [0.2, 0.25) is 0 Å². The molecule has 0 aliphatic carbocycles. The van der Waals surface area contributed by atoms with Crippen molar-refractivity contribution in [1.82, 2.24) is 14.5 Å². The number of thioether (sulfide) groups is 1. The molecular weight excluding hydrogens is 436 g/mol. The van der Waals surface area contributed by atoms with Crippen LogP contribution in [0.1, 0.15) is 17.8 Å². The molecule has 0 amide bonds. The van der Waals surface area contributed by atoms with Gasteiger partial charge in [-0.05, 0) is 18.4 Å². The summed E-state index contributed by atoms with van der Waals surface area (Å²) < 4.78 is 2.17. The van der Waals surface area contributed by atoms with Gasteiger partial charge in [-0.25, -0.2) is 9.97 Å². The van der Waals surface area contributed by atoms with Crippen LogP contribution in [-0.2, 0) is 11.3 Å². The summed E-state index contributed by atoms with van der Waals surface area (Å²) in [5, 5.41) is 14.3. The monoisotopic (exact) mass is 452 g/mol. The highest BCUT2D eigenvalue weighted by molar-refractivity contribution is 7.99. The smallest absolute Gasteiger partial charge is 0.272 e. The standard InChI is InChI=1S/C21H16N4O2S3/c1-2-25-20(27)18-15(8-9-28-18)24-21(25)30-12-17(26)14(10-22)19-23-16(11-29-19)13-6-4-3-5-7-13/h3-9,11,14H,2,12H2,1H3. The number of ketones is 1. The molecule has 9 heteroatoms. The van der Waals surface area contributed by atoms with Crippen LogP contribution in [0.5, 0.6) is 0 Å². The zero-order valence-corrected chi connectivity index (χ0v) is 18.4. The first-order valence-corrected chi connectivity index (χ1v) is 11.9. The number of Topliss-reactive ketones (excluding diaryl/α,β-unsaturated/α-hetero) is 1. The highest BCUT2D eigenvalue weighted by atomic mass is 32.2. The summed E-state index contributed by atoms with van der Waals surface area (Å²) in [6, 6.07) is 13.5. The van der Waals surface area contributed by atoms with Crippen molar-refractivity contribution in [3.8, 4) is 17.3 Å². The summed E-state index contributed by atoms with van der Waals surface area (Å²) in [6.07, 6.45) is 0. The van der Waals surface area contributed by atoms with Crippen LogP contribution in [0, 0.1) is 11.3 Å². The second-order valence-corrected chi connectivity index (χ2v) is 9.08. The molecule has 4 aromatic rings. The van der Waals surface area contributed by atoms with Crippen LogP contribution in [0.4, 0.5) is 0 Å². The lowest BCUT2D eigenvalue weighted by Crippen LogP contribution is -2.22. The Bertz CT molecular complexity index is 1300. The lowest BCUT2D eigenvalue weighted by molar-refractivity contribution is -0.116. The predicted molar refractivity (Wildman–Crippen MR) is 121 cm³/mol. The van der Waals surface area contributed by atoms with Crippen LogP contribution in [0.2, 0.25) is 0 Å². The van der Waals surface area contributed by atoms with Gasteiger partial charge in [0.05, 0.1) is 23.0 Å². The van der Waals surface area contributed by atoms with E-state index in [0.717, 1.165) is 11.3 Å². The molecular formula is C21H16N4O2S3. The highest BCUT2D eigenvalue weighted by Crippen LogP contribution is 2.28. The summed E-state index contributed by atoms with van der Waals surface area (Å²) in [7, 11) is 0. The molecule has 1 aromatic carbocycles. The summed E-state index contributed by atoms with van der Waals surface area (Å²) in [6.45, 7) is 2.33. The number of nitriles is 1. The van der Waals surface area contributed by atoms with E-state index >= 15 is 0 Å². The third-order valence-electron chi connectivity index (χ3n) is 4.48. The van der Waals surface area contributed by atoms with E-state index in [-0.39, 0.29) is 17.1 Å². The Balaban J connectivity index is 1.54. The molecule has 3 aromatic heterocycles. The fourth-order valence-corrected chi connectivity index (χ4v) is 5.60. The van der Waals surface area contributed by atoms with Crippen LogP contribution in [0.25, 0.3) is 21.5 Å². The second-order valence-electron chi connectivity index (χ2n) is 6.33. The highest BCUT2D eigenvalue weighted by Gasteiger charge is 2.25. The first-order chi connectivity index (χ1) is 14.6. The van der Waals surface area contributed by atoms with Crippen molar-refractivity contribution < 1.29 is 4.79 Å². The van der Waals surface area contributed by atoms with Crippen molar-refractivity contribution in [3.05, 3.63) is 62.5 Å². The predicted octanol–water partition coefficient (Wildman–Crippen LogP) is 4.57. The number of benzene rings is 1. The molecule has 0 saturated heterocycles. The first-order valence-electron chi connectivity index (χ1n) is 9.16. The van der Waals surface area contributed by atoms with Crippen molar-refractivity contribution in [2.24, 2.45) is 0 Å². The number of hydrogen-bond donors (Lipinski definition) is 0. The maximum absolute atomic E-state index is 12.8. The van der Waals surface area contributed by atoms with E-state index in [0.29, 0.717) is 26.9 Å². The van der Waals surface area contributed by atoms with E-state index in [9.17, 15) is 14.9 Å². The third kappa shape index (κ3) is 3.94. The van der Waals surface area contributed by atoms with E-state index < -0.39 is 5.92 Å². The quantitative estimate of drug-likeness (QED) is 0.301. The largest absolute Gasteiger partial charge is 0.297 e. The van der Waals surface area contributed by atoms with E-state index in [2.05, 4.69) is 16.0 Å². The van der Waals surface area contributed by atoms with E-state index in [4.69, 9.17) is 0 Å². The average molecular weight is 453 g/mol. The average Bonchev–Trinajstić information content (AvgIpc) is 3.43. The lowest BCUT2D eigenvalue weighted by Gasteiger charge is -2.10. The molecule has 0 bridgehead atoms. The van der Waals surface area contributed by atoms with Crippen LogP contribution in [0.15, 0.2) is 57.1 Å². The minimum Gasteiger partial charge on any atom is -0.297 e. The molecule has 0 spiro atoms. The number of thiazole rings is 1. The molecule has 6 nitrogen and oxygen atoms in total. The summed E-state index contributed by atoms with van der Waals surface area (Å²) >= 11 is 3.85. The summed E-state index contributed by atoms with van der Waals surface area (Å²) in [5.41, 5.74) is 2.23. The SMILES string of the molecule is CCn1c(SCC(=O)C(C#N)c2nc(-c3ccccc3)cs2)nc2ccsc2c1=O. The molecule has 0 fully saturated rings. The van der Waals surface area contributed by atoms with E-state index in [1.165, 1.54) is 34.4 Å². The van der Waals surface area contributed by atoms with Gasteiger partial charge in [-0.1, -0.05) is 42.1 Å². The number of thiophene rings is 1. The molecule has 0 N–H and O–H groups in total. The molecule has 4 rings (SSSR count). The molecule has 0 radical (unpaired) electrons. The fraction of sp³-hybridized carbons (Fsp3) is 0.190. The Morgan fingerprint density at radius 3 is 2.77 bits per heavy atom. The minimum absolute atomic E-state index is 0.0422. The number of aromatic nitrogens is 3. The molecule has 1 atom stereocenters. The van der Waals surface area contributed by atoms with Gasteiger partial charge in [0, 0.05) is 17.5 Å². The van der Waals surface area contributed by atoms with Crippen molar-refractivity contribution in [1.29, 1.82) is 5.26 Å². The third-order valence-corrected chi connectivity index (χ3v) is 7.28. The Kier molecular flexibility index (Phi) is 6.08. The second kappa shape index (κ2) is 8.92. The zero-order valence-electron chi connectivity index (χ0n) is 15.9. The van der Waals surface area contributed by atoms with E-state index in [1.54, 1.807) is 10.6 Å². The normalized spacial score (nSPS) is 12.0. The molecule has 0 saturated carbocycles. The molecule has 0 aliphatic heterocycles. The topological polar surface area (TPSA) is 88.6 Å². The molecule has 3 heterocycles. The minimum atomic E-state index is -0.938. The van der Waals surface area contributed by atoms with Gasteiger partial charge in [-0.2, -0.15) is 5.26 Å². The number of fused-ring (bicyclic) bond motifs is 1. The van der Waals surface area contributed by atoms with Crippen molar-refractivity contribution >= 4 is 50.4 Å². The maximum atomic E-state index is 12.8. The van der Waals surface area contributed by atoms with Gasteiger partial charge in [0.25, 0.3) is 5.56 Å². The Labute approximate surface area is 184 Å². The molecule has 150 valence electrons. The molecule has 30 heavy (non-hydrogen) atoms. The Morgan fingerprint density at radius 1 is 1.23 bits per heavy atom. The first kappa shape index (κ1) is 20.5. The van der Waals surface area contributed by atoms with Gasteiger partial charge in [-0.15, -0.1) is 22.7 Å². The van der Waals surface area contributed by atoms with Gasteiger partial charge in [0.15, 0.2) is 16.9 Å². The van der Waals surface area contributed by atoms with Crippen molar-refractivity contribution in [2.75, 3.05) is 5.75 Å². The van der Waals surface area contributed by atoms with Gasteiger partial charge in [0.1, 0.15) is 9.71 Å². The molecule has 1 unspecified atom stereocenters. The van der Waals surface area contributed by atoms with Crippen molar-refractivity contribution in [2.45, 2.75) is 24.5 Å². The Morgan fingerprint density at radius 2 is 2.03 bits per heavy atom. The summed E-state index contributed by atoms with van der Waals surface area (Å²) in [5.74, 6) is -1.15. The maximum Gasteiger partial charge on any atom is 0.272 e. The Hall–Kier alpha value is -2.80. The number of carbonyl (C=O) groups is 1. The lowest BCUT2D eigenvalue weighted by atomic mass is 10.1. The number of hydrogen-bond acceptors (Lipinski definition) is 8. The zero-order chi connectivity index (χ0) is 21.1.